The molecule has 1 unspecified atom stereocenters. The summed E-state index contributed by atoms with van der Waals surface area (Å²) in [5.74, 6) is 0.0497. The largest absolute Gasteiger partial charge is 1.00 e. The Morgan fingerprint density at radius 3 is 1.51 bits per heavy atom. The number of carboxylic acid groups (broad SMARTS) is 1. The van der Waals surface area contributed by atoms with Crippen LogP contribution in [0.1, 0.15) is 109 Å². The number of carbonyl (C=O) groups excluding carboxylic acids is 3. The molecule has 0 spiro atoms. The molecule has 1 atom stereocenters. The minimum atomic E-state index is -1.26. The number of anilines is 3. The molecule has 27 heteroatoms. The summed E-state index contributed by atoms with van der Waals surface area (Å²) in [5, 5.41) is 41.0. The average molecular weight is 1420 g/mol. The van der Waals surface area contributed by atoms with Crippen molar-refractivity contribution in [2.45, 2.75) is 113 Å². The van der Waals surface area contributed by atoms with Gasteiger partial charge in [-0.1, -0.05) is 104 Å². The van der Waals surface area contributed by atoms with Crippen molar-refractivity contribution < 1.29 is 72.2 Å². The summed E-state index contributed by atoms with van der Waals surface area (Å²) in [6, 6.07) is 59.8. The van der Waals surface area contributed by atoms with E-state index in [1.807, 2.05) is 116 Å². The summed E-state index contributed by atoms with van der Waals surface area (Å²) in [7, 11) is 1.34. The fourth-order valence-corrected chi connectivity index (χ4v) is 11.8. The second kappa shape index (κ2) is 38.5. The van der Waals surface area contributed by atoms with Gasteiger partial charge in [-0.05, 0) is 165 Å². The Bertz CT molecular complexity index is 5190. The van der Waals surface area contributed by atoms with Crippen LogP contribution >= 0.6 is 0 Å². The van der Waals surface area contributed by atoms with Crippen molar-refractivity contribution in [3.8, 4) is 33.8 Å². The zero-order valence-corrected chi connectivity index (χ0v) is 59.8. The average Bonchev–Trinajstić information content (AvgIpc) is 1.02. The van der Waals surface area contributed by atoms with Gasteiger partial charge in [0.2, 0.25) is 0 Å². The molecule has 14 rings (SSSR count). The molecular weight excluding hydrogens is 1330 g/mol. The summed E-state index contributed by atoms with van der Waals surface area (Å²) in [4.78, 5) is 73.0. The van der Waals surface area contributed by atoms with E-state index < -0.39 is 11.9 Å². The molecule has 25 nitrogen and oxygen atoms in total. The van der Waals surface area contributed by atoms with Crippen LogP contribution in [-0.2, 0) is 68.0 Å². The van der Waals surface area contributed by atoms with Gasteiger partial charge in [0.15, 0.2) is 0 Å². The fraction of sp³-hybridized carbons (Fsp3) is 0.241. The molecular formula is C79H83Li2N15O10. The van der Waals surface area contributed by atoms with Crippen LogP contribution in [0.2, 0.25) is 0 Å². The molecule has 1 saturated heterocycles. The minimum absolute atomic E-state index is 0. The number of carbonyl (C=O) groups is 3. The van der Waals surface area contributed by atoms with Crippen molar-refractivity contribution in [1.29, 1.82) is 0 Å². The third kappa shape index (κ3) is 22.1. The van der Waals surface area contributed by atoms with Crippen LogP contribution in [0.15, 0.2) is 215 Å². The number of nitrogens with zero attached hydrogens (tertiary/aromatic N) is 12. The van der Waals surface area contributed by atoms with E-state index in [4.69, 9.17) is 20.9 Å². The van der Waals surface area contributed by atoms with Crippen LogP contribution in [0.3, 0.4) is 0 Å². The van der Waals surface area contributed by atoms with Gasteiger partial charge in [-0.3, -0.25) is 19.2 Å². The number of aromatic carboxylic acids is 1. The minimum Gasteiger partial charge on any atom is -0.870 e. The van der Waals surface area contributed by atoms with Gasteiger partial charge in [0, 0.05) is 84.9 Å². The van der Waals surface area contributed by atoms with Gasteiger partial charge >= 0.3 is 43.7 Å². The number of aromatic nitrogens is 12. The standard InChI is InChI=1S/C25H25N5O3.C24H23N5O3.C24H21N5O2.C5H10O.CH4.2Li.H2O/c1-17-13-23(26)29(27-17)12-11-18-5-3-7-20(14-18)22-9-10-24(31)30(28-22)16-19-6-4-8-21(15-19)25(32)33-2;1-16-12-22(25)28(26-16)11-10-17-4-2-6-19(13-17)21-8-9-23(30)29(27-21)15-18-5-3-7-20(14-18)24(31)32;1-16-12-22-25-24(31)20-7-3-5-18(14-20)15-29-23(30)9-8-21(27-29)19-6-2-4-17(13-19)10-11-28(22)26-16;1-5-3-2-4-6-5;;;;/h3-10,13-15H,11-12,16,26H2,1-2H3;2-9,12-14H,10-11,15,25H2,1H3,(H,31,32);2-9,12-14H,10-11,15H2,1H3,(H,25,31);5H,2-4H2,1H3;1H4;;;1H2/q;;;;;2*+1;/p-2. The molecule has 12 aromatic rings. The summed E-state index contributed by atoms with van der Waals surface area (Å²) in [6.45, 7) is 11.5. The van der Waals surface area contributed by atoms with Crippen molar-refractivity contribution in [1.82, 2.24) is 58.7 Å². The van der Waals surface area contributed by atoms with Crippen molar-refractivity contribution in [2.75, 3.05) is 30.5 Å². The molecule has 0 aliphatic carbocycles. The molecule has 6 aromatic heterocycles. The number of ether oxygens (including phenoxy) is 2. The second-order valence-electron chi connectivity index (χ2n) is 24.9. The van der Waals surface area contributed by atoms with Gasteiger partial charge in [0.05, 0.1) is 78.5 Å². The van der Waals surface area contributed by atoms with Crippen molar-refractivity contribution in [3.63, 3.8) is 0 Å². The predicted octanol–water partition coefficient (Wildman–Crippen LogP) is 3.65. The van der Waals surface area contributed by atoms with E-state index in [-0.39, 0.29) is 98.4 Å². The van der Waals surface area contributed by atoms with E-state index in [1.54, 1.807) is 70.0 Å². The number of amides is 1. The molecule has 6 N–H and O–H groups in total. The number of nitrogen functional groups attached to an aromatic ring is 2. The maximum Gasteiger partial charge on any atom is 1.00 e. The van der Waals surface area contributed by atoms with E-state index in [0.717, 1.165) is 93.2 Å². The topological polar surface area (TPSA) is 345 Å². The Labute approximate surface area is 637 Å². The number of nitrogens with one attached hydrogen (secondary N) is 1. The van der Waals surface area contributed by atoms with Crippen LogP contribution < -0.4 is 76.3 Å². The number of aryl methyl sites for hydroxylation is 9. The van der Waals surface area contributed by atoms with Crippen LogP contribution in [0.4, 0.5) is 17.5 Å². The number of nitrogens with two attached hydrogens (primary N) is 2. The first-order chi connectivity index (χ1) is 49.2. The van der Waals surface area contributed by atoms with Crippen LogP contribution in [-0.4, -0.2) is 102 Å². The summed E-state index contributed by atoms with van der Waals surface area (Å²) in [5.41, 5.74) is 25.3. The van der Waals surface area contributed by atoms with E-state index in [2.05, 4.69) is 61.0 Å². The molecule has 1 fully saturated rings. The number of fused-ring (bicyclic) bond motifs is 8. The number of esters is 1. The summed E-state index contributed by atoms with van der Waals surface area (Å²) < 4.78 is 19.5. The number of hydrogen-bond donors (Lipinski definition) is 3. The third-order valence-corrected chi connectivity index (χ3v) is 17.0. The number of methoxy groups -OCH3 is 1. The maximum atomic E-state index is 12.9. The number of hydrogen-bond acceptors (Lipinski definition) is 18. The summed E-state index contributed by atoms with van der Waals surface area (Å²) in [6.07, 6.45) is 5.33. The van der Waals surface area contributed by atoms with Gasteiger partial charge in [0.1, 0.15) is 17.5 Å². The van der Waals surface area contributed by atoms with Crippen molar-refractivity contribution in [3.05, 3.63) is 298 Å². The monoisotopic (exact) mass is 1420 g/mol. The van der Waals surface area contributed by atoms with E-state index in [0.29, 0.717) is 71.3 Å². The number of rotatable bonds is 14. The van der Waals surface area contributed by atoms with E-state index in [9.17, 15) is 33.9 Å². The Hall–Kier alpha value is -11.3. The third-order valence-electron chi connectivity index (χ3n) is 17.0. The zero-order valence-electron chi connectivity index (χ0n) is 59.8. The first-order valence-corrected chi connectivity index (χ1v) is 33.4. The molecule has 6 bridgehead atoms. The maximum absolute atomic E-state index is 12.9. The van der Waals surface area contributed by atoms with E-state index in [1.165, 1.54) is 64.3 Å². The first kappa shape index (κ1) is 82.0. The van der Waals surface area contributed by atoms with Crippen molar-refractivity contribution >= 4 is 35.3 Å². The van der Waals surface area contributed by atoms with Crippen molar-refractivity contribution in [2.24, 2.45) is 0 Å². The second-order valence-corrected chi connectivity index (χ2v) is 24.9. The van der Waals surface area contributed by atoms with Gasteiger partial charge in [0.25, 0.3) is 22.6 Å². The van der Waals surface area contributed by atoms with Crippen LogP contribution in [0.25, 0.3) is 33.8 Å². The van der Waals surface area contributed by atoms with E-state index >= 15 is 0 Å². The smallest absolute Gasteiger partial charge is 0.870 e. The zero-order chi connectivity index (χ0) is 71.8. The van der Waals surface area contributed by atoms with Gasteiger partial charge in [-0.2, -0.15) is 30.6 Å². The molecule has 0 radical (unpaired) electrons. The molecule has 2 aliphatic rings. The molecule has 8 heterocycles. The van der Waals surface area contributed by atoms with Crippen LogP contribution in [0.5, 0.6) is 0 Å². The fourth-order valence-electron chi connectivity index (χ4n) is 11.8. The Kier molecular flexibility index (Phi) is 29.8. The first-order valence-electron chi connectivity index (χ1n) is 33.4. The Balaban J connectivity index is 0.000000209. The molecule has 536 valence electrons. The normalized spacial score (nSPS) is 12.5. The van der Waals surface area contributed by atoms with Crippen LogP contribution in [0, 0.1) is 20.8 Å². The SMILES string of the molecule is C.CC1CCCO1.COC(=O)c1cccc(Cn2nc(-c3cccc(CCn4nc(C)cc4N)c3)ccc2=O)c1.Cc1cc(N)n(CCc2cccc(-c3ccc(=O)n(Cc4cccc(C(=O)[O-])c4)n3)c2)n1.Cc1cc2n(n1)CCc1cccc(c1)-c1ccc(=O)n(n1)Cc1cccc(c1)C(=O)N2.[Li+].[Li+].[OH-]. The molecule has 6 aromatic carbocycles. The van der Waals surface area contributed by atoms with Gasteiger partial charge < -0.3 is 41.6 Å². The quantitative estimate of drug-likeness (QED) is 0.103. The summed E-state index contributed by atoms with van der Waals surface area (Å²) >= 11 is 0. The Morgan fingerprint density at radius 1 is 0.528 bits per heavy atom. The van der Waals surface area contributed by atoms with Gasteiger partial charge in [-0.15, -0.1) is 0 Å². The molecule has 2 aliphatic heterocycles. The number of benzene rings is 6. The molecule has 0 saturated carbocycles. The Morgan fingerprint density at radius 2 is 1.00 bits per heavy atom. The number of carboxylic acids is 1. The predicted molar refractivity (Wildman–Crippen MR) is 396 cm³/mol. The van der Waals surface area contributed by atoms with Gasteiger partial charge in [-0.25, -0.2) is 32.9 Å². The molecule has 1 amide bonds. The molecule has 106 heavy (non-hydrogen) atoms.